The minimum absolute atomic E-state index is 0.0264. The predicted molar refractivity (Wildman–Crippen MR) is 133 cm³/mol. The number of Topliss-reactive ketones (excluding diaryl/α,β-unsaturated/α-hetero) is 1. The minimum Gasteiger partial charge on any atom is -0.872 e. The van der Waals surface area contributed by atoms with Gasteiger partial charge in [-0.25, -0.2) is 0 Å². The second-order valence-electron chi connectivity index (χ2n) is 9.48. The number of rotatable bonds is 8. The molecule has 2 heterocycles. The van der Waals surface area contributed by atoms with Gasteiger partial charge in [-0.1, -0.05) is 49.9 Å². The molecule has 8 nitrogen and oxygen atoms in total. The van der Waals surface area contributed by atoms with Crippen molar-refractivity contribution < 1.29 is 33.8 Å². The van der Waals surface area contributed by atoms with Crippen LogP contribution in [0.3, 0.4) is 0 Å². The lowest BCUT2D eigenvalue weighted by atomic mass is 9.93. The molecule has 8 heteroatoms. The van der Waals surface area contributed by atoms with E-state index in [-0.39, 0.29) is 11.1 Å². The molecule has 1 atom stereocenters. The third-order valence-corrected chi connectivity index (χ3v) is 7.00. The van der Waals surface area contributed by atoms with Gasteiger partial charge in [0.25, 0.3) is 5.91 Å². The molecule has 36 heavy (non-hydrogen) atoms. The molecule has 2 aromatic rings. The first-order valence-corrected chi connectivity index (χ1v) is 12.4. The van der Waals surface area contributed by atoms with Crippen LogP contribution < -0.4 is 19.5 Å². The van der Waals surface area contributed by atoms with E-state index in [4.69, 9.17) is 14.2 Å². The summed E-state index contributed by atoms with van der Waals surface area (Å²) in [5, 5.41) is 13.7. The van der Waals surface area contributed by atoms with E-state index in [9.17, 15) is 14.7 Å². The number of nitrogens with one attached hydrogen (secondary N) is 1. The number of amides is 1. The summed E-state index contributed by atoms with van der Waals surface area (Å²) in [7, 11) is 3.00. The van der Waals surface area contributed by atoms with Crippen molar-refractivity contribution in [3.63, 3.8) is 0 Å². The van der Waals surface area contributed by atoms with E-state index in [2.05, 4.69) is 13.8 Å². The Morgan fingerprint density at radius 3 is 2.33 bits per heavy atom. The number of ketones is 1. The molecule has 2 aromatic carbocycles. The predicted octanol–water partition coefficient (Wildman–Crippen LogP) is 0.966. The lowest BCUT2D eigenvalue weighted by Gasteiger charge is -2.30. The van der Waals surface area contributed by atoms with Crippen molar-refractivity contribution in [2.24, 2.45) is 0 Å². The lowest BCUT2D eigenvalue weighted by Crippen LogP contribution is -3.14. The molecule has 0 aromatic heterocycles. The fraction of sp³-hybridized carbons (Fsp3) is 0.429. The van der Waals surface area contributed by atoms with Crippen LogP contribution in [-0.4, -0.2) is 70.2 Å². The van der Waals surface area contributed by atoms with Gasteiger partial charge in [-0.3, -0.25) is 9.59 Å². The molecule has 2 fully saturated rings. The van der Waals surface area contributed by atoms with E-state index >= 15 is 0 Å². The first-order chi connectivity index (χ1) is 17.3. The van der Waals surface area contributed by atoms with Crippen LogP contribution in [0.15, 0.2) is 48.0 Å². The van der Waals surface area contributed by atoms with Crippen molar-refractivity contribution in [1.29, 1.82) is 0 Å². The molecule has 2 aliphatic heterocycles. The number of hydrogen-bond acceptors (Lipinski definition) is 6. The van der Waals surface area contributed by atoms with E-state index in [1.165, 1.54) is 19.1 Å². The number of carbonyl (C=O) groups is 2. The average Bonchev–Trinajstić information content (AvgIpc) is 3.16. The van der Waals surface area contributed by atoms with Gasteiger partial charge in [0.15, 0.2) is 11.5 Å². The molecule has 1 unspecified atom stereocenters. The fourth-order valence-electron chi connectivity index (χ4n) is 4.83. The minimum atomic E-state index is -0.746. The number of carbonyl (C=O) groups excluding carboxylic acids is 2. The van der Waals surface area contributed by atoms with Crippen molar-refractivity contribution in [1.82, 2.24) is 4.90 Å². The Balaban J connectivity index is 1.76. The van der Waals surface area contributed by atoms with Gasteiger partial charge in [-0.05, 0) is 34.7 Å². The summed E-state index contributed by atoms with van der Waals surface area (Å²) in [5.41, 5.74) is 2.14. The summed E-state index contributed by atoms with van der Waals surface area (Å²) in [6.45, 7) is 8.32. The van der Waals surface area contributed by atoms with Gasteiger partial charge in [0, 0.05) is 5.57 Å². The Hall–Kier alpha value is -3.36. The summed E-state index contributed by atoms with van der Waals surface area (Å²) >= 11 is 0. The molecule has 0 radical (unpaired) electrons. The molecule has 0 spiro atoms. The zero-order valence-electron chi connectivity index (χ0n) is 21.3. The van der Waals surface area contributed by atoms with Crippen molar-refractivity contribution in [2.75, 3.05) is 53.6 Å². The van der Waals surface area contributed by atoms with Crippen LogP contribution in [0.1, 0.15) is 42.5 Å². The summed E-state index contributed by atoms with van der Waals surface area (Å²) < 4.78 is 16.1. The van der Waals surface area contributed by atoms with Crippen LogP contribution in [0.25, 0.3) is 5.76 Å². The first-order valence-electron chi connectivity index (χ1n) is 12.4. The van der Waals surface area contributed by atoms with E-state index in [0.29, 0.717) is 43.7 Å². The van der Waals surface area contributed by atoms with Crippen molar-refractivity contribution >= 4 is 17.4 Å². The standard InChI is InChI=1S/C28H34N2O6/c1-18(2)19-5-7-20(8-6-19)25-24(26(31)21-9-10-22(34-3)23(17-21)35-4)27(32)28(33)30(25)12-11-29-13-15-36-16-14-29/h5-10,17-18,25,31H,11-16H2,1-4H3. The molecular formula is C28H34N2O6. The van der Waals surface area contributed by atoms with Crippen molar-refractivity contribution in [2.45, 2.75) is 25.8 Å². The van der Waals surface area contributed by atoms with Crippen LogP contribution in [0, 0.1) is 0 Å². The fourth-order valence-corrected chi connectivity index (χ4v) is 4.83. The van der Waals surface area contributed by atoms with Gasteiger partial charge in [-0.15, -0.1) is 0 Å². The highest BCUT2D eigenvalue weighted by atomic mass is 16.5. The molecule has 1 amide bonds. The Morgan fingerprint density at radius 2 is 1.72 bits per heavy atom. The van der Waals surface area contributed by atoms with E-state index in [1.807, 2.05) is 24.3 Å². The second kappa shape index (κ2) is 11.1. The largest absolute Gasteiger partial charge is 0.872 e. The number of methoxy groups -OCH3 is 2. The maximum atomic E-state index is 13.7. The molecule has 0 saturated carbocycles. The van der Waals surface area contributed by atoms with Crippen LogP contribution >= 0.6 is 0 Å². The molecule has 1 N–H and O–H groups in total. The van der Waals surface area contributed by atoms with Gasteiger partial charge >= 0.3 is 0 Å². The Morgan fingerprint density at radius 1 is 1.06 bits per heavy atom. The molecule has 2 aliphatic rings. The first kappa shape index (κ1) is 25.7. The number of hydrogen-bond donors (Lipinski definition) is 1. The molecule has 4 rings (SSSR count). The average molecular weight is 495 g/mol. The van der Waals surface area contributed by atoms with Gasteiger partial charge in [0.05, 0.1) is 46.6 Å². The zero-order chi connectivity index (χ0) is 25.8. The second-order valence-corrected chi connectivity index (χ2v) is 9.48. The van der Waals surface area contributed by atoms with Gasteiger partial charge in [0.1, 0.15) is 13.1 Å². The summed E-state index contributed by atoms with van der Waals surface area (Å²) in [4.78, 5) is 29.4. The number of morpholine rings is 1. The number of ether oxygens (including phenoxy) is 3. The van der Waals surface area contributed by atoms with Crippen LogP contribution in [0.5, 0.6) is 11.5 Å². The summed E-state index contributed by atoms with van der Waals surface area (Å²) in [6.07, 6.45) is 0. The van der Waals surface area contributed by atoms with Gasteiger partial charge < -0.3 is 29.1 Å². The highest BCUT2D eigenvalue weighted by Gasteiger charge is 2.44. The van der Waals surface area contributed by atoms with E-state index < -0.39 is 23.5 Å². The Labute approximate surface area is 212 Å². The Bertz CT molecular complexity index is 1140. The van der Waals surface area contributed by atoms with Crippen molar-refractivity contribution in [3.05, 3.63) is 64.7 Å². The summed E-state index contributed by atoms with van der Waals surface area (Å²) in [5.74, 6) is -0.665. The number of likely N-dealkylation sites (tertiary alicyclic amines) is 1. The van der Waals surface area contributed by atoms with Crippen LogP contribution in [0.2, 0.25) is 0 Å². The molecule has 192 valence electrons. The quantitative estimate of drug-likeness (QED) is 0.334. The smallest absolute Gasteiger partial charge is 0.295 e. The number of benzene rings is 2. The number of quaternary nitrogens is 1. The highest BCUT2D eigenvalue weighted by molar-refractivity contribution is 6.46. The topological polar surface area (TPSA) is 92.6 Å². The molecule has 0 aliphatic carbocycles. The lowest BCUT2D eigenvalue weighted by molar-refractivity contribution is -0.907. The highest BCUT2D eigenvalue weighted by Crippen LogP contribution is 2.40. The maximum Gasteiger partial charge on any atom is 0.295 e. The monoisotopic (exact) mass is 494 g/mol. The van der Waals surface area contributed by atoms with Crippen LogP contribution in [-0.2, 0) is 14.3 Å². The molecule has 2 saturated heterocycles. The maximum absolute atomic E-state index is 13.7. The van der Waals surface area contributed by atoms with Crippen LogP contribution in [0.4, 0.5) is 0 Å². The van der Waals surface area contributed by atoms with Crippen molar-refractivity contribution in [3.8, 4) is 11.5 Å². The molecule has 0 bridgehead atoms. The SMILES string of the molecule is COc1ccc(C([O-])=C2C(=O)C(=O)N(CC[NH+]3CCOCC3)C2c2ccc(C(C)C)cc2)cc1OC. The normalized spacial score (nSPS) is 20.2. The van der Waals surface area contributed by atoms with Gasteiger partial charge in [-0.2, -0.15) is 0 Å². The third kappa shape index (κ3) is 5.10. The Kier molecular flexibility index (Phi) is 7.96. The third-order valence-electron chi connectivity index (χ3n) is 7.00. The van der Waals surface area contributed by atoms with E-state index in [1.54, 1.807) is 23.1 Å². The zero-order valence-corrected chi connectivity index (χ0v) is 21.3. The summed E-state index contributed by atoms with van der Waals surface area (Å²) in [6, 6.07) is 11.9. The molecular weight excluding hydrogens is 460 g/mol. The van der Waals surface area contributed by atoms with E-state index in [0.717, 1.165) is 24.2 Å². The van der Waals surface area contributed by atoms with Gasteiger partial charge in [0.2, 0.25) is 5.78 Å². The number of nitrogens with zero attached hydrogens (tertiary/aromatic N) is 1.